The number of amides is 2. The standard InChI is InChI=1S/C24H30ClFN4O6S/c1-14(2)16-6-4-5-7-18(16)24(12-30(13-24)37(35,36)28-10-15(32)11-31)23(34)29-21-9-20(26)19(25)8-17(21)22(33)27-3/h4-9,14-15,28,31-32H,10-13H2,1-3H3,(H,27,33)(H,29,34)/t15-/m1/s1. The minimum Gasteiger partial charge on any atom is -0.394 e. The third kappa shape index (κ3) is 5.95. The average Bonchev–Trinajstić information content (AvgIpc) is 2.83. The predicted octanol–water partition coefficient (Wildman–Crippen LogP) is 1.34. The monoisotopic (exact) mass is 556 g/mol. The minimum absolute atomic E-state index is 0.00114. The summed E-state index contributed by atoms with van der Waals surface area (Å²) < 4.78 is 43.1. The minimum atomic E-state index is -4.09. The number of aliphatic hydroxyl groups excluding tert-OH is 2. The lowest BCUT2D eigenvalue weighted by atomic mass is 9.71. The summed E-state index contributed by atoms with van der Waals surface area (Å²) in [5, 5.41) is 23.2. The van der Waals surface area contributed by atoms with Gasteiger partial charge < -0.3 is 20.8 Å². The van der Waals surface area contributed by atoms with Crippen LogP contribution >= 0.6 is 11.6 Å². The van der Waals surface area contributed by atoms with E-state index in [2.05, 4.69) is 15.4 Å². The van der Waals surface area contributed by atoms with Crippen LogP contribution in [0.4, 0.5) is 10.1 Å². The van der Waals surface area contributed by atoms with Crippen molar-refractivity contribution in [3.8, 4) is 0 Å². The molecule has 0 aromatic heterocycles. The van der Waals surface area contributed by atoms with E-state index in [1.807, 2.05) is 26.0 Å². The van der Waals surface area contributed by atoms with Gasteiger partial charge in [-0.15, -0.1) is 0 Å². The number of carbonyl (C=O) groups is 2. The number of nitrogens with one attached hydrogen (secondary N) is 3. The highest BCUT2D eigenvalue weighted by molar-refractivity contribution is 7.87. The molecule has 2 aromatic rings. The van der Waals surface area contributed by atoms with E-state index in [4.69, 9.17) is 16.7 Å². The second kappa shape index (κ2) is 11.4. The van der Waals surface area contributed by atoms with E-state index in [9.17, 15) is 27.5 Å². The molecule has 10 nitrogen and oxygen atoms in total. The Kier molecular flexibility index (Phi) is 8.93. The molecule has 0 saturated carbocycles. The van der Waals surface area contributed by atoms with Gasteiger partial charge in [-0.25, -0.2) is 4.39 Å². The predicted molar refractivity (Wildman–Crippen MR) is 137 cm³/mol. The van der Waals surface area contributed by atoms with Gasteiger partial charge in [-0.2, -0.15) is 17.4 Å². The molecule has 1 aliphatic rings. The molecule has 1 aliphatic heterocycles. The molecule has 37 heavy (non-hydrogen) atoms. The molecule has 3 rings (SSSR count). The van der Waals surface area contributed by atoms with Crippen molar-refractivity contribution < 1.29 is 32.6 Å². The highest BCUT2D eigenvalue weighted by atomic mass is 35.5. The van der Waals surface area contributed by atoms with Crippen LogP contribution in [0.3, 0.4) is 0 Å². The Hall–Kier alpha value is -2.61. The fourth-order valence-corrected chi connectivity index (χ4v) is 5.70. The first-order valence-electron chi connectivity index (χ1n) is 11.5. The molecule has 0 aliphatic carbocycles. The molecule has 202 valence electrons. The smallest absolute Gasteiger partial charge is 0.279 e. The summed E-state index contributed by atoms with van der Waals surface area (Å²) in [5.41, 5.74) is -0.107. The Balaban J connectivity index is 2.02. The van der Waals surface area contributed by atoms with E-state index in [0.717, 1.165) is 22.0 Å². The van der Waals surface area contributed by atoms with Gasteiger partial charge in [0.05, 0.1) is 29.0 Å². The number of aliphatic hydroxyl groups is 2. The quantitative estimate of drug-likeness (QED) is 0.298. The Morgan fingerprint density at radius 1 is 1.22 bits per heavy atom. The summed E-state index contributed by atoms with van der Waals surface area (Å²) in [6, 6.07) is 9.19. The zero-order valence-electron chi connectivity index (χ0n) is 20.6. The van der Waals surface area contributed by atoms with Gasteiger partial charge in [0.15, 0.2) is 0 Å². The Labute approximate surface area is 220 Å². The van der Waals surface area contributed by atoms with Gasteiger partial charge in [0.25, 0.3) is 16.1 Å². The van der Waals surface area contributed by atoms with Crippen LogP contribution in [0.2, 0.25) is 5.02 Å². The van der Waals surface area contributed by atoms with Gasteiger partial charge >= 0.3 is 0 Å². The van der Waals surface area contributed by atoms with Crippen molar-refractivity contribution in [3.05, 3.63) is 63.9 Å². The van der Waals surface area contributed by atoms with Gasteiger partial charge in [-0.3, -0.25) is 9.59 Å². The molecule has 0 bridgehead atoms. The summed E-state index contributed by atoms with van der Waals surface area (Å²) in [6.45, 7) is 2.34. The number of benzene rings is 2. The second-order valence-corrected chi connectivity index (χ2v) is 11.3. The molecule has 13 heteroatoms. The van der Waals surface area contributed by atoms with Gasteiger partial charge in [0.1, 0.15) is 11.2 Å². The SMILES string of the molecule is CNC(=O)c1cc(Cl)c(F)cc1NC(=O)C1(c2ccccc2C(C)C)CN(S(=O)(=O)NC[C@@H](O)CO)C1. The fraction of sp³-hybridized carbons (Fsp3) is 0.417. The van der Waals surface area contributed by atoms with Crippen molar-refractivity contribution in [2.75, 3.05) is 38.6 Å². The highest BCUT2D eigenvalue weighted by Gasteiger charge is 2.55. The lowest BCUT2D eigenvalue weighted by molar-refractivity contribution is -0.125. The summed E-state index contributed by atoms with van der Waals surface area (Å²) in [5.74, 6) is -2.07. The van der Waals surface area contributed by atoms with Gasteiger partial charge in [0.2, 0.25) is 5.91 Å². The molecule has 1 atom stereocenters. The Morgan fingerprint density at radius 2 is 1.86 bits per heavy atom. The third-order valence-electron chi connectivity index (χ3n) is 6.26. The number of halogens is 2. The lowest BCUT2D eigenvalue weighted by Crippen LogP contribution is -2.68. The molecule has 0 radical (unpaired) electrons. The number of carbonyl (C=O) groups excluding carboxylic acids is 2. The van der Waals surface area contributed by atoms with E-state index in [1.54, 1.807) is 12.1 Å². The van der Waals surface area contributed by atoms with Gasteiger partial charge in [-0.05, 0) is 29.2 Å². The van der Waals surface area contributed by atoms with Crippen LogP contribution in [-0.2, 0) is 20.4 Å². The Morgan fingerprint density at radius 3 is 2.46 bits per heavy atom. The summed E-state index contributed by atoms with van der Waals surface area (Å²) in [4.78, 5) is 26.2. The Bertz CT molecular complexity index is 1280. The second-order valence-electron chi connectivity index (χ2n) is 9.13. The van der Waals surface area contributed by atoms with Crippen molar-refractivity contribution >= 4 is 39.3 Å². The molecule has 1 saturated heterocycles. The van der Waals surface area contributed by atoms with Crippen molar-refractivity contribution in [3.63, 3.8) is 0 Å². The van der Waals surface area contributed by atoms with E-state index in [0.29, 0.717) is 5.56 Å². The molecular formula is C24H30ClFN4O6S. The van der Waals surface area contributed by atoms with Crippen LogP contribution in [0.15, 0.2) is 36.4 Å². The van der Waals surface area contributed by atoms with Gasteiger partial charge in [0, 0.05) is 26.7 Å². The first-order valence-corrected chi connectivity index (χ1v) is 13.3. The van der Waals surface area contributed by atoms with Crippen molar-refractivity contribution in [1.29, 1.82) is 0 Å². The summed E-state index contributed by atoms with van der Waals surface area (Å²) >= 11 is 5.85. The zero-order valence-corrected chi connectivity index (χ0v) is 22.2. The topological polar surface area (TPSA) is 148 Å². The fourth-order valence-electron chi connectivity index (χ4n) is 4.17. The molecule has 0 spiro atoms. The number of hydrogen-bond donors (Lipinski definition) is 5. The van der Waals surface area contributed by atoms with Crippen molar-refractivity contribution in [1.82, 2.24) is 14.3 Å². The normalized spacial score (nSPS) is 16.2. The van der Waals surface area contributed by atoms with Crippen LogP contribution in [0.1, 0.15) is 41.3 Å². The summed E-state index contributed by atoms with van der Waals surface area (Å²) in [7, 11) is -2.72. The van der Waals surface area contributed by atoms with E-state index >= 15 is 0 Å². The van der Waals surface area contributed by atoms with Crippen LogP contribution in [-0.4, -0.2) is 74.1 Å². The maximum atomic E-state index is 14.3. The summed E-state index contributed by atoms with van der Waals surface area (Å²) in [6.07, 6.45) is -1.28. The van der Waals surface area contributed by atoms with E-state index in [-0.39, 0.29) is 35.3 Å². The number of rotatable bonds is 10. The number of nitrogens with zero attached hydrogens (tertiary/aromatic N) is 1. The molecule has 1 heterocycles. The van der Waals surface area contributed by atoms with Crippen LogP contribution in [0.25, 0.3) is 0 Å². The number of anilines is 1. The highest BCUT2D eigenvalue weighted by Crippen LogP contribution is 2.41. The molecular weight excluding hydrogens is 527 g/mol. The van der Waals surface area contributed by atoms with Crippen LogP contribution < -0.4 is 15.4 Å². The number of hydrogen-bond acceptors (Lipinski definition) is 6. The molecule has 1 fully saturated rings. The van der Waals surface area contributed by atoms with Crippen molar-refractivity contribution in [2.45, 2.75) is 31.3 Å². The maximum Gasteiger partial charge on any atom is 0.279 e. The zero-order chi connectivity index (χ0) is 27.5. The first-order chi connectivity index (χ1) is 17.4. The first kappa shape index (κ1) is 29.0. The maximum absolute atomic E-state index is 14.3. The molecule has 2 amide bonds. The lowest BCUT2D eigenvalue weighted by Gasteiger charge is -2.48. The molecule has 2 aromatic carbocycles. The van der Waals surface area contributed by atoms with Crippen LogP contribution in [0, 0.1) is 5.82 Å². The molecule has 0 unspecified atom stereocenters. The van der Waals surface area contributed by atoms with E-state index < -0.39 is 52.5 Å². The van der Waals surface area contributed by atoms with Crippen molar-refractivity contribution in [2.24, 2.45) is 0 Å². The van der Waals surface area contributed by atoms with E-state index in [1.165, 1.54) is 7.05 Å². The van der Waals surface area contributed by atoms with Crippen LogP contribution in [0.5, 0.6) is 0 Å². The molecule has 5 N–H and O–H groups in total. The largest absolute Gasteiger partial charge is 0.394 e. The van der Waals surface area contributed by atoms with Gasteiger partial charge in [-0.1, -0.05) is 49.7 Å². The third-order valence-corrected chi connectivity index (χ3v) is 8.02. The average molecular weight is 557 g/mol.